The molecule has 19 heavy (non-hydrogen) atoms. The number of aromatic nitrogens is 2. The molecular weight excluding hydrogens is 234 g/mol. The quantitative estimate of drug-likeness (QED) is 0.915. The Labute approximate surface area is 114 Å². The van der Waals surface area contributed by atoms with Gasteiger partial charge in [0.05, 0.1) is 17.1 Å². The third-order valence-corrected chi connectivity index (χ3v) is 4.26. The second-order valence-corrected chi connectivity index (χ2v) is 5.65. The fraction of sp³-hybridized carbons (Fsp3) is 0.562. The van der Waals surface area contributed by atoms with Gasteiger partial charge in [0, 0.05) is 12.5 Å². The van der Waals surface area contributed by atoms with E-state index in [1.165, 1.54) is 30.6 Å². The van der Waals surface area contributed by atoms with Crippen LogP contribution in [0.5, 0.6) is 0 Å². The molecule has 1 aliphatic carbocycles. The molecule has 2 aromatic rings. The van der Waals surface area contributed by atoms with E-state index in [4.69, 9.17) is 10.7 Å². The summed E-state index contributed by atoms with van der Waals surface area (Å²) >= 11 is 0. The molecule has 1 saturated carbocycles. The summed E-state index contributed by atoms with van der Waals surface area (Å²) in [6.45, 7) is 2.21. The summed E-state index contributed by atoms with van der Waals surface area (Å²) in [4.78, 5) is 4.82. The minimum absolute atomic E-state index is 0.280. The fourth-order valence-electron chi connectivity index (χ4n) is 3.32. The second kappa shape index (κ2) is 5.33. The van der Waals surface area contributed by atoms with Crippen LogP contribution in [0.4, 0.5) is 0 Å². The molecule has 0 spiro atoms. The molecule has 2 unspecified atom stereocenters. The predicted molar refractivity (Wildman–Crippen MR) is 79.2 cm³/mol. The minimum Gasteiger partial charge on any atom is -0.326 e. The van der Waals surface area contributed by atoms with Crippen LogP contribution in [0, 0.1) is 0 Å². The predicted octanol–water partition coefficient (Wildman–Crippen LogP) is 3.43. The summed E-state index contributed by atoms with van der Waals surface area (Å²) in [5.41, 5.74) is 8.75. The van der Waals surface area contributed by atoms with Crippen LogP contribution >= 0.6 is 0 Å². The number of fused-ring (bicyclic) bond motifs is 1. The molecule has 1 heterocycles. The van der Waals surface area contributed by atoms with Gasteiger partial charge in [0.2, 0.25) is 0 Å². The van der Waals surface area contributed by atoms with Crippen molar-refractivity contribution in [1.29, 1.82) is 0 Å². The molecule has 1 fully saturated rings. The summed E-state index contributed by atoms with van der Waals surface area (Å²) < 4.78 is 2.43. The number of para-hydroxylation sites is 2. The van der Waals surface area contributed by atoms with Crippen LogP contribution in [0.1, 0.15) is 50.9 Å². The highest BCUT2D eigenvalue weighted by Crippen LogP contribution is 2.32. The molecule has 3 nitrogen and oxygen atoms in total. The van der Waals surface area contributed by atoms with E-state index >= 15 is 0 Å². The third-order valence-electron chi connectivity index (χ3n) is 4.26. The standard InChI is InChI=1S/C16H23N3/c1-2-7-16-18-13-9-4-6-11-15(13)19(16)14-10-5-3-8-12(14)17/h4,6,9,11-12,14H,2-3,5,7-8,10,17H2,1H3. The van der Waals surface area contributed by atoms with E-state index in [2.05, 4.69) is 35.8 Å². The Bertz CT molecular complexity index is 558. The summed E-state index contributed by atoms with van der Waals surface area (Å²) in [5.74, 6) is 1.21. The third kappa shape index (κ3) is 2.27. The van der Waals surface area contributed by atoms with Gasteiger partial charge >= 0.3 is 0 Å². The molecule has 0 amide bonds. The number of hydrogen-bond acceptors (Lipinski definition) is 2. The van der Waals surface area contributed by atoms with E-state index in [-0.39, 0.29) is 6.04 Å². The first-order valence-corrected chi connectivity index (χ1v) is 7.52. The Morgan fingerprint density at radius 1 is 1.26 bits per heavy atom. The monoisotopic (exact) mass is 257 g/mol. The minimum atomic E-state index is 0.280. The number of nitrogens with zero attached hydrogens (tertiary/aromatic N) is 2. The van der Waals surface area contributed by atoms with Gasteiger partial charge in [0.1, 0.15) is 5.82 Å². The SMILES string of the molecule is CCCc1nc2ccccc2n1C1CCCCC1N. The molecule has 102 valence electrons. The molecule has 2 atom stereocenters. The zero-order chi connectivity index (χ0) is 13.2. The van der Waals surface area contributed by atoms with Gasteiger partial charge in [-0.2, -0.15) is 0 Å². The van der Waals surface area contributed by atoms with Crippen molar-refractivity contribution in [3.63, 3.8) is 0 Å². The highest BCUT2D eigenvalue weighted by Gasteiger charge is 2.26. The normalized spacial score (nSPS) is 23.9. The zero-order valence-electron chi connectivity index (χ0n) is 11.7. The maximum absolute atomic E-state index is 6.38. The van der Waals surface area contributed by atoms with E-state index in [0.717, 1.165) is 24.8 Å². The highest BCUT2D eigenvalue weighted by atomic mass is 15.1. The second-order valence-electron chi connectivity index (χ2n) is 5.65. The Balaban J connectivity index is 2.10. The molecule has 1 aromatic carbocycles. The lowest BCUT2D eigenvalue weighted by molar-refractivity contribution is 0.305. The summed E-state index contributed by atoms with van der Waals surface area (Å²) in [5, 5.41) is 0. The first kappa shape index (κ1) is 12.7. The van der Waals surface area contributed by atoms with Crippen molar-refractivity contribution >= 4 is 11.0 Å². The summed E-state index contributed by atoms with van der Waals surface area (Å²) in [6, 6.07) is 9.17. The number of rotatable bonds is 3. The van der Waals surface area contributed by atoms with Gasteiger partial charge < -0.3 is 10.3 Å². The fourth-order valence-corrected chi connectivity index (χ4v) is 3.32. The molecule has 0 aliphatic heterocycles. The Morgan fingerprint density at radius 2 is 2.05 bits per heavy atom. The van der Waals surface area contributed by atoms with Crippen LogP contribution in [0.3, 0.4) is 0 Å². The maximum Gasteiger partial charge on any atom is 0.110 e. The number of hydrogen-bond donors (Lipinski definition) is 1. The van der Waals surface area contributed by atoms with Crippen LogP contribution in [0.15, 0.2) is 24.3 Å². The topological polar surface area (TPSA) is 43.8 Å². The zero-order valence-corrected chi connectivity index (χ0v) is 11.7. The molecule has 0 radical (unpaired) electrons. The van der Waals surface area contributed by atoms with Crippen LogP contribution in [0.25, 0.3) is 11.0 Å². The van der Waals surface area contributed by atoms with E-state index in [0.29, 0.717) is 6.04 Å². The summed E-state index contributed by atoms with van der Waals surface area (Å²) in [7, 11) is 0. The summed E-state index contributed by atoms with van der Waals surface area (Å²) in [6.07, 6.45) is 7.06. The molecule has 0 saturated heterocycles. The van der Waals surface area contributed by atoms with Crippen molar-refractivity contribution < 1.29 is 0 Å². The van der Waals surface area contributed by atoms with E-state index in [1.54, 1.807) is 0 Å². The van der Waals surface area contributed by atoms with Gasteiger partial charge in [-0.1, -0.05) is 31.9 Å². The van der Waals surface area contributed by atoms with Crippen molar-refractivity contribution in [3.05, 3.63) is 30.1 Å². The number of aryl methyl sites for hydroxylation is 1. The van der Waals surface area contributed by atoms with Gasteiger partial charge in [0.25, 0.3) is 0 Å². The van der Waals surface area contributed by atoms with E-state index in [1.807, 2.05) is 0 Å². The number of imidazole rings is 1. The number of nitrogens with two attached hydrogens (primary N) is 1. The van der Waals surface area contributed by atoms with Gasteiger partial charge in [-0.15, -0.1) is 0 Å². The Kier molecular flexibility index (Phi) is 3.56. The van der Waals surface area contributed by atoms with Crippen LogP contribution in [-0.2, 0) is 6.42 Å². The molecule has 1 aliphatic rings. The van der Waals surface area contributed by atoms with Crippen LogP contribution in [0.2, 0.25) is 0 Å². The first-order valence-electron chi connectivity index (χ1n) is 7.52. The van der Waals surface area contributed by atoms with E-state index in [9.17, 15) is 0 Å². The van der Waals surface area contributed by atoms with Crippen molar-refractivity contribution in [3.8, 4) is 0 Å². The van der Waals surface area contributed by atoms with Crippen molar-refractivity contribution in [2.45, 2.75) is 57.5 Å². The Hall–Kier alpha value is -1.35. The van der Waals surface area contributed by atoms with Crippen molar-refractivity contribution in [2.75, 3.05) is 0 Å². The average molecular weight is 257 g/mol. The maximum atomic E-state index is 6.38. The molecule has 3 rings (SSSR count). The molecule has 2 N–H and O–H groups in total. The lowest BCUT2D eigenvalue weighted by Crippen LogP contribution is -2.35. The highest BCUT2D eigenvalue weighted by molar-refractivity contribution is 5.76. The van der Waals surface area contributed by atoms with Gasteiger partial charge in [0.15, 0.2) is 0 Å². The molecule has 0 bridgehead atoms. The lowest BCUT2D eigenvalue weighted by atomic mass is 9.90. The molecule has 3 heteroatoms. The van der Waals surface area contributed by atoms with Crippen molar-refractivity contribution in [2.24, 2.45) is 5.73 Å². The molecule has 1 aromatic heterocycles. The largest absolute Gasteiger partial charge is 0.326 e. The van der Waals surface area contributed by atoms with Gasteiger partial charge in [-0.25, -0.2) is 4.98 Å². The average Bonchev–Trinajstić information content (AvgIpc) is 2.78. The van der Waals surface area contributed by atoms with Crippen molar-refractivity contribution in [1.82, 2.24) is 9.55 Å². The first-order chi connectivity index (χ1) is 9.31. The van der Waals surface area contributed by atoms with E-state index < -0.39 is 0 Å². The molecular formula is C16H23N3. The lowest BCUT2D eigenvalue weighted by Gasteiger charge is -2.31. The smallest absolute Gasteiger partial charge is 0.110 e. The van der Waals surface area contributed by atoms with Gasteiger partial charge in [-0.3, -0.25) is 0 Å². The number of benzene rings is 1. The van der Waals surface area contributed by atoms with Gasteiger partial charge in [-0.05, 0) is 31.4 Å². The van der Waals surface area contributed by atoms with Crippen LogP contribution in [-0.4, -0.2) is 15.6 Å². The Morgan fingerprint density at radius 3 is 2.84 bits per heavy atom. The van der Waals surface area contributed by atoms with Crippen LogP contribution < -0.4 is 5.73 Å².